The largest absolute Gasteiger partial charge is 0.493 e. The predicted octanol–water partition coefficient (Wildman–Crippen LogP) is 5.99. The SMILES string of the molecule is CCn1cc(C=O)c2c(N3CC=C4C=CSC4C3)ccc(Cc3ccc(OC4CC4)c(OC)c3)c21. The minimum atomic E-state index is 0.329. The number of fused-ring (bicyclic) bond motifs is 2. The first-order valence-electron chi connectivity index (χ1n) is 12.4. The number of aryl methyl sites for hydroxylation is 1. The predicted molar refractivity (Wildman–Crippen MR) is 143 cm³/mol. The average Bonchev–Trinajstić information content (AvgIpc) is 3.44. The van der Waals surface area contributed by atoms with E-state index in [0.29, 0.717) is 11.4 Å². The van der Waals surface area contributed by atoms with Crippen molar-refractivity contribution in [3.63, 3.8) is 0 Å². The second kappa shape index (κ2) is 9.15. The normalized spacial score (nSPS) is 19.1. The summed E-state index contributed by atoms with van der Waals surface area (Å²) in [5.41, 5.74) is 6.85. The Morgan fingerprint density at radius 3 is 2.83 bits per heavy atom. The molecule has 0 saturated heterocycles. The molecule has 1 unspecified atom stereocenters. The Kier molecular flexibility index (Phi) is 5.85. The minimum Gasteiger partial charge on any atom is -0.493 e. The number of allylic oxidation sites excluding steroid dienone is 1. The minimum absolute atomic E-state index is 0.329. The van der Waals surface area contributed by atoms with Gasteiger partial charge in [-0.2, -0.15) is 0 Å². The van der Waals surface area contributed by atoms with Crippen molar-refractivity contribution >= 4 is 34.6 Å². The standard InChI is InChI=1S/C29H30N2O3S/c1-3-30-16-22(18-32)28-24(31-12-10-20-11-13-35-27(20)17-31)8-5-21(29(28)30)14-19-4-9-25(26(15-19)33-2)34-23-6-7-23/h4-5,8-11,13,15-16,18,23,27H,3,6-7,12,14,17H2,1-2H3. The number of carbonyl (C=O) groups excluding carboxylic acids is 1. The van der Waals surface area contributed by atoms with E-state index < -0.39 is 0 Å². The summed E-state index contributed by atoms with van der Waals surface area (Å²) >= 11 is 1.88. The van der Waals surface area contributed by atoms with E-state index in [0.717, 1.165) is 84.4 Å². The van der Waals surface area contributed by atoms with Gasteiger partial charge in [-0.05, 0) is 66.5 Å². The summed E-state index contributed by atoms with van der Waals surface area (Å²) in [6, 6.07) is 10.7. The number of hydrogen-bond donors (Lipinski definition) is 0. The molecule has 6 heteroatoms. The number of aldehydes is 1. The van der Waals surface area contributed by atoms with Gasteiger partial charge in [-0.3, -0.25) is 4.79 Å². The first-order chi connectivity index (χ1) is 17.2. The number of aromatic nitrogens is 1. The van der Waals surface area contributed by atoms with Gasteiger partial charge in [0, 0.05) is 42.5 Å². The zero-order valence-electron chi connectivity index (χ0n) is 20.2. The van der Waals surface area contributed by atoms with E-state index in [1.54, 1.807) is 7.11 Å². The van der Waals surface area contributed by atoms with Crippen LogP contribution in [0.25, 0.3) is 10.9 Å². The van der Waals surface area contributed by atoms with Crippen LogP contribution in [0.15, 0.2) is 59.7 Å². The molecular weight excluding hydrogens is 456 g/mol. The van der Waals surface area contributed by atoms with E-state index in [4.69, 9.17) is 9.47 Å². The maximum Gasteiger partial charge on any atom is 0.161 e. The molecule has 5 nitrogen and oxygen atoms in total. The summed E-state index contributed by atoms with van der Waals surface area (Å²) in [4.78, 5) is 14.6. The van der Waals surface area contributed by atoms with Crippen LogP contribution in [0.1, 0.15) is 41.3 Å². The van der Waals surface area contributed by atoms with Gasteiger partial charge in [-0.25, -0.2) is 0 Å². The van der Waals surface area contributed by atoms with Crippen molar-refractivity contribution < 1.29 is 14.3 Å². The van der Waals surface area contributed by atoms with E-state index in [1.807, 2.05) is 24.0 Å². The van der Waals surface area contributed by atoms with Crippen LogP contribution in [-0.2, 0) is 13.0 Å². The molecule has 0 radical (unpaired) electrons. The highest BCUT2D eigenvalue weighted by atomic mass is 32.2. The van der Waals surface area contributed by atoms with Crippen molar-refractivity contribution in [2.45, 2.75) is 44.1 Å². The zero-order chi connectivity index (χ0) is 23.9. The Hall–Kier alpha value is -3.12. The highest BCUT2D eigenvalue weighted by Gasteiger charge is 2.27. The Morgan fingerprint density at radius 2 is 2.06 bits per heavy atom. The molecule has 180 valence electrons. The molecule has 0 N–H and O–H groups in total. The van der Waals surface area contributed by atoms with Crippen molar-refractivity contribution in [1.82, 2.24) is 4.57 Å². The summed E-state index contributed by atoms with van der Waals surface area (Å²) in [6.45, 7) is 4.76. The van der Waals surface area contributed by atoms with Gasteiger partial charge in [-0.1, -0.05) is 24.3 Å². The van der Waals surface area contributed by atoms with Crippen molar-refractivity contribution in [3.8, 4) is 11.5 Å². The molecule has 3 aliphatic rings. The number of anilines is 1. The molecule has 1 aliphatic carbocycles. The molecule has 35 heavy (non-hydrogen) atoms. The highest BCUT2D eigenvalue weighted by molar-refractivity contribution is 8.03. The zero-order valence-corrected chi connectivity index (χ0v) is 21.0. The average molecular weight is 487 g/mol. The Morgan fingerprint density at radius 1 is 1.17 bits per heavy atom. The third-order valence-corrected chi connectivity index (χ3v) is 8.21. The lowest BCUT2D eigenvalue weighted by Crippen LogP contribution is -2.35. The smallest absolute Gasteiger partial charge is 0.161 e. The fraction of sp³-hybridized carbons (Fsp3) is 0.345. The molecule has 3 heterocycles. The van der Waals surface area contributed by atoms with E-state index in [2.05, 4.69) is 58.2 Å². The van der Waals surface area contributed by atoms with E-state index >= 15 is 0 Å². The van der Waals surface area contributed by atoms with Crippen LogP contribution in [0.2, 0.25) is 0 Å². The number of methoxy groups -OCH3 is 1. The molecule has 1 aromatic heterocycles. The van der Waals surface area contributed by atoms with Gasteiger partial charge in [0.15, 0.2) is 17.8 Å². The van der Waals surface area contributed by atoms with Crippen molar-refractivity contribution in [2.75, 3.05) is 25.1 Å². The summed E-state index contributed by atoms with van der Waals surface area (Å²) in [7, 11) is 1.70. The van der Waals surface area contributed by atoms with E-state index in [-0.39, 0.29) is 0 Å². The van der Waals surface area contributed by atoms with E-state index in [1.165, 1.54) is 11.1 Å². The van der Waals surface area contributed by atoms with Crippen LogP contribution in [0.5, 0.6) is 11.5 Å². The lowest BCUT2D eigenvalue weighted by atomic mass is 9.98. The molecule has 1 atom stereocenters. The van der Waals surface area contributed by atoms with Gasteiger partial charge in [0.2, 0.25) is 0 Å². The lowest BCUT2D eigenvalue weighted by molar-refractivity contribution is 0.112. The number of nitrogens with zero attached hydrogens (tertiary/aromatic N) is 2. The Balaban J connectivity index is 1.39. The van der Waals surface area contributed by atoms with Gasteiger partial charge < -0.3 is 18.9 Å². The fourth-order valence-electron chi connectivity index (χ4n) is 5.22. The fourth-order valence-corrected chi connectivity index (χ4v) is 6.24. The number of benzene rings is 2. The van der Waals surface area contributed by atoms with Crippen LogP contribution in [0.4, 0.5) is 5.69 Å². The van der Waals surface area contributed by atoms with Crippen LogP contribution >= 0.6 is 11.8 Å². The Bertz CT molecular complexity index is 1350. The molecular formula is C29H30N2O3S. The first kappa shape index (κ1) is 22.4. The number of thioether (sulfide) groups is 1. The molecule has 6 rings (SSSR count). The molecule has 2 aromatic carbocycles. The summed E-state index contributed by atoms with van der Waals surface area (Å²) < 4.78 is 13.9. The van der Waals surface area contributed by atoms with Crippen molar-refractivity contribution in [3.05, 3.63) is 76.4 Å². The third kappa shape index (κ3) is 4.14. The number of carbonyl (C=O) groups is 1. The van der Waals surface area contributed by atoms with Crippen LogP contribution in [0, 0.1) is 0 Å². The lowest BCUT2D eigenvalue weighted by Gasteiger charge is -2.32. The molecule has 1 fully saturated rings. The van der Waals surface area contributed by atoms with Gasteiger partial charge in [0.25, 0.3) is 0 Å². The summed E-state index contributed by atoms with van der Waals surface area (Å²) in [5.74, 6) is 1.59. The topological polar surface area (TPSA) is 43.7 Å². The van der Waals surface area contributed by atoms with Gasteiger partial charge in [-0.15, -0.1) is 11.8 Å². The third-order valence-electron chi connectivity index (χ3n) is 7.17. The van der Waals surface area contributed by atoms with Crippen molar-refractivity contribution in [1.29, 1.82) is 0 Å². The quantitative estimate of drug-likeness (QED) is 0.366. The summed E-state index contributed by atoms with van der Waals surface area (Å²) in [5, 5.41) is 3.72. The molecule has 2 aliphatic heterocycles. The second-order valence-corrected chi connectivity index (χ2v) is 10.6. The van der Waals surface area contributed by atoms with Crippen LogP contribution in [-0.4, -0.2) is 42.4 Å². The van der Waals surface area contributed by atoms with E-state index in [9.17, 15) is 4.79 Å². The second-order valence-electron chi connectivity index (χ2n) is 9.47. The molecule has 1 saturated carbocycles. The highest BCUT2D eigenvalue weighted by Crippen LogP contribution is 2.40. The van der Waals surface area contributed by atoms with Gasteiger partial charge >= 0.3 is 0 Å². The Labute approximate surface area is 210 Å². The number of rotatable bonds is 8. The van der Waals surface area contributed by atoms with Crippen LogP contribution < -0.4 is 14.4 Å². The maximum atomic E-state index is 12.2. The first-order valence-corrected chi connectivity index (χ1v) is 13.3. The monoisotopic (exact) mass is 486 g/mol. The van der Waals surface area contributed by atoms with Gasteiger partial charge in [0.1, 0.15) is 0 Å². The van der Waals surface area contributed by atoms with Gasteiger partial charge in [0.05, 0.1) is 24.0 Å². The summed E-state index contributed by atoms with van der Waals surface area (Å²) in [6.07, 6.45) is 10.9. The van der Waals surface area contributed by atoms with Crippen molar-refractivity contribution in [2.24, 2.45) is 0 Å². The number of hydrogen-bond acceptors (Lipinski definition) is 5. The molecule has 0 spiro atoms. The molecule has 0 bridgehead atoms. The molecule has 3 aromatic rings. The maximum absolute atomic E-state index is 12.2. The molecule has 0 amide bonds. The number of ether oxygens (including phenoxy) is 2. The van der Waals surface area contributed by atoms with Crippen LogP contribution in [0.3, 0.4) is 0 Å².